The van der Waals surface area contributed by atoms with E-state index in [0.29, 0.717) is 0 Å². The predicted molar refractivity (Wildman–Crippen MR) is 147 cm³/mol. The third-order valence-electron chi connectivity index (χ3n) is 7.84. The molecule has 1 saturated heterocycles. The van der Waals surface area contributed by atoms with Crippen LogP contribution in [-0.2, 0) is 19.3 Å². The Labute approximate surface area is 207 Å². The van der Waals surface area contributed by atoms with Gasteiger partial charge in [0.1, 0.15) is 0 Å². The van der Waals surface area contributed by atoms with E-state index in [0.717, 1.165) is 17.0 Å². The minimum absolute atomic E-state index is 0.810. The summed E-state index contributed by atoms with van der Waals surface area (Å²) in [7, 11) is 0. The number of rotatable bonds is 3. The monoisotopic (exact) mass is 459 g/mol. The molecule has 1 aliphatic heterocycles. The van der Waals surface area contributed by atoms with Gasteiger partial charge in [-0.15, -0.1) is 0 Å². The van der Waals surface area contributed by atoms with Crippen molar-refractivity contribution >= 4 is 32.6 Å². The number of aryl methyl sites for hydroxylation is 3. The largest absolute Gasteiger partial charge is 0.316 e. The lowest BCUT2D eigenvalue weighted by molar-refractivity contribution is 0.534. The van der Waals surface area contributed by atoms with Crippen molar-refractivity contribution in [1.29, 1.82) is 0 Å². The van der Waals surface area contributed by atoms with Crippen LogP contribution in [0.1, 0.15) is 42.4 Å². The molecule has 1 fully saturated rings. The summed E-state index contributed by atoms with van der Waals surface area (Å²) in [6.45, 7) is 2.41. The van der Waals surface area contributed by atoms with E-state index >= 15 is 0 Å². The highest BCUT2D eigenvalue weighted by Gasteiger charge is 2.16. The molecule has 5 aromatic rings. The van der Waals surface area contributed by atoms with Crippen molar-refractivity contribution in [2.45, 2.75) is 44.9 Å². The molecule has 35 heavy (non-hydrogen) atoms. The zero-order valence-electron chi connectivity index (χ0n) is 20.3. The molecule has 176 valence electrons. The van der Waals surface area contributed by atoms with Crippen molar-refractivity contribution in [3.05, 3.63) is 95.8 Å². The first kappa shape index (κ1) is 22.2. The maximum atomic E-state index is 4.07. The second kappa shape index (κ2) is 10.1. The minimum atomic E-state index is 0.810. The second-order valence-corrected chi connectivity index (χ2v) is 10.0. The number of aromatic nitrogens is 2. The van der Waals surface area contributed by atoms with E-state index in [1.165, 1.54) is 85.1 Å². The smallest absolute Gasteiger partial charge is 0.159 e. The Balaban J connectivity index is 0.000000191. The molecule has 1 atom stereocenters. The van der Waals surface area contributed by atoms with Crippen molar-refractivity contribution < 1.29 is 0 Å². The molecule has 1 N–H and O–H groups in total. The van der Waals surface area contributed by atoms with Crippen LogP contribution in [0.5, 0.6) is 0 Å². The van der Waals surface area contributed by atoms with Crippen molar-refractivity contribution in [3.63, 3.8) is 0 Å². The number of hydrogen-bond donors (Lipinski definition) is 1. The summed E-state index contributed by atoms with van der Waals surface area (Å²) >= 11 is 0. The molecule has 3 aromatic carbocycles. The van der Waals surface area contributed by atoms with Crippen molar-refractivity contribution in [2.24, 2.45) is 5.92 Å². The molecule has 0 bridgehead atoms. The number of nitrogens with zero attached hydrogens (tertiary/aromatic N) is 2. The molecule has 7 rings (SSSR count). The zero-order valence-corrected chi connectivity index (χ0v) is 20.3. The topological polar surface area (TPSA) is 37.8 Å². The van der Waals surface area contributed by atoms with Gasteiger partial charge >= 0.3 is 0 Å². The lowest BCUT2D eigenvalue weighted by Crippen LogP contribution is -2.09. The van der Waals surface area contributed by atoms with Crippen LogP contribution in [0.25, 0.3) is 32.6 Å². The third-order valence-corrected chi connectivity index (χ3v) is 7.84. The van der Waals surface area contributed by atoms with Gasteiger partial charge in [0.05, 0.1) is 0 Å². The number of benzene rings is 3. The van der Waals surface area contributed by atoms with Gasteiger partial charge in [-0.2, -0.15) is 0 Å². The van der Waals surface area contributed by atoms with Crippen LogP contribution < -0.4 is 5.32 Å². The molecule has 0 saturated carbocycles. The standard InChI is InChI=1S/C24H27N.C8H6N2/c1-2-6-20-18(4-1)10-11-24-22-7-3-5-19(21(22)12-13-23(20)24)9-8-17-14-15-25-16-17;1-3-7-4-2-6-10-8(7)9-5-1/h3,5,7,10-13,17,25H,1-2,4,6,8-9,14-16H2;1-6H/t17-;/m1./s1. The Morgan fingerprint density at radius 1 is 0.743 bits per heavy atom. The summed E-state index contributed by atoms with van der Waals surface area (Å²) in [6, 6.07) is 24.3. The summed E-state index contributed by atoms with van der Waals surface area (Å²) in [5.41, 5.74) is 5.55. The lowest BCUT2D eigenvalue weighted by Gasteiger charge is -2.19. The normalized spacial score (nSPS) is 17.3. The quantitative estimate of drug-likeness (QED) is 0.294. The summed E-state index contributed by atoms with van der Waals surface area (Å²) in [5, 5.41) is 10.5. The van der Waals surface area contributed by atoms with Crippen molar-refractivity contribution in [3.8, 4) is 0 Å². The Kier molecular flexibility index (Phi) is 6.42. The van der Waals surface area contributed by atoms with Gasteiger partial charge < -0.3 is 5.32 Å². The first-order valence-electron chi connectivity index (χ1n) is 13.2. The highest BCUT2D eigenvalue weighted by Crippen LogP contribution is 2.34. The molecule has 1 aliphatic carbocycles. The number of fused-ring (bicyclic) bond motifs is 6. The first-order chi connectivity index (χ1) is 17.4. The average molecular weight is 460 g/mol. The van der Waals surface area contributed by atoms with Crippen LogP contribution in [0.4, 0.5) is 0 Å². The molecule has 3 nitrogen and oxygen atoms in total. The number of nitrogens with one attached hydrogen (secondary N) is 1. The van der Waals surface area contributed by atoms with Crippen LogP contribution >= 0.6 is 0 Å². The summed E-state index contributed by atoms with van der Waals surface area (Å²) in [5.74, 6) is 0.864. The van der Waals surface area contributed by atoms with Gasteiger partial charge in [-0.1, -0.05) is 42.5 Å². The van der Waals surface area contributed by atoms with Crippen LogP contribution in [-0.4, -0.2) is 23.1 Å². The minimum Gasteiger partial charge on any atom is -0.316 e. The van der Waals surface area contributed by atoms with Gasteiger partial charge in [0.2, 0.25) is 0 Å². The van der Waals surface area contributed by atoms with E-state index in [1.54, 1.807) is 23.5 Å². The molecule has 3 heteroatoms. The molecule has 2 aromatic heterocycles. The van der Waals surface area contributed by atoms with Gasteiger partial charge in [0, 0.05) is 17.8 Å². The fourth-order valence-electron chi connectivity index (χ4n) is 5.94. The maximum absolute atomic E-state index is 4.07. The Hall–Kier alpha value is -3.30. The lowest BCUT2D eigenvalue weighted by atomic mass is 9.85. The van der Waals surface area contributed by atoms with E-state index in [-0.39, 0.29) is 0 Å². The second-order valence-electron chi connectivity index (χ2n) is 10.0. The van der Waals surface area contributed by atoms with Crippen molar-refractivity contribution in [2.75, 3.05) is 13.1 Å². The maximum Gasteiger partial charge on any atom is 0.159 e. The molecular formula is C32H33N3. The fraction of sp³-hybridized carbons (Fsp3) is 0.312. The van der Waals surface area contributed by atoms with Crippen molar-refractivity contribution in [1.82, 2.24) is 15.3 Å². The van der Waals surface area contributed by atoms with E-state index in [1.807, 2.05) is 24.3 Å². The van der Waals surface area contributed by atoms with E-state index in [4.69, 9.17) is 0 Å². The summed E-state index contributed by atoms with van der Waals surface area (Å²) < 4.78 is 0. The third kappa shape index (κ3) is 4.66. The van der Waals surface area contributed by atoms with Gasteiger partial charge in [0.15, 0.2) is 5.65 Å². The average Bonchev–Trinajstić information content (AvgIpc) is 3.46. The zero-order chi connectivity index (χ0) is 23.5. The van der Waals surface area contributed by atoms with Gasteiger partial charge in [-0.05, 0) is 126 Å². The number of hydrogen-bond acceptors (Lipinski definition) is 3. The highest BCUT2D eigenvalue weighted by atomic mass is 14.9. The van der Waals surface area contributed by atoms with E-state index < -0.39 is 0 Å². The first-order valence-corrected chi connectivity index (χ1v) is 13.2. The molecular weight excluding hydrogens is 426 g/mol. The SMILES string of the molecule is c1cc(CC[C@@H]2CCNC2)c2ccc3c4c(ccc3c2c1)CCCC4.c1cnc2ncccc2c1. The fourth-order valence-corrected chi connectivity index (χ4v) is 5.94. The van der Waals surface area contributed by atoms with Crippen LogP contribution in [0, 0.1) is 5.92 Å². The summed E-state index contributed by atoms with van der Waals surface area (Å²) in [6.07, 6.45) is 12.6. The van der Waals surface area contributed by atoms with Crippen LogP contribution in [0.2, 0.25) is 0 Å². The predicted octanol–water partition coefficient (Wildman–Crippen LogP) is 7.04. The molecule has 0 amide bonds. The Bertz CT molecular complexity index is 1400. The molecule has 2 aliphatic rings. The van der Waals surface area contributed by atoms with E-state index in [2.05, 4.69) is 57.7 Å². The Morgan fingerprint density at radius 2 is 1.51 bits per heavy atom. The van der Waals surface area contributed by atoms with Gasteiger partial charge in [-0.25, -0.2) is 9.97 Å². The van der Waals surface area contributed by atoms with Crippen LogP contribution in [0.3, 0.4) is 0 Å². The molecule has 0 unspecified atom stereocenters. The highest BCUT2D eigenvalue weighted by molar-refractivity contribution is 6.09. The Morgan fingerprint density at radius 3 is 2.31 bits per heavy atom. The molecule has 0 radical (unpaired) electrons. The van der Waals surface area contributed by atoms with E-state index in [9.17, 15) is 0 Å². The summed E-state index contributed by atoms with van der Waals surface area (Å²) in [4.78, 5) is 8.14. The van der Waals surface area contributed by atoms with Gasteiger partial charge in [-0.3, -0.25) is 0 Å². The van der Waals surface area contributed by atoms with Crippen LogP contribution in [0.15, 0.2) is 79.1 Å². The van der Waals surface area contributed by atoms with Gasteiger partial charge in [0.25, 0.3) is 0 Å². The number of pyridine rings is 2. The molecule has 3 heterocycles. The molecule has 0 spiro atoms.